The maximum absolute atomic E-state index is 12.2. The first kappa shape index (κ1) is 17.3. The number of benzene rings is 1. The second-order valence-corrected chi connectivity index (χ2v) is 4.78. The van der Waals surface area contributed by atoms with Gasteiger partial charge in [0.2, 0.25) is 0 Å². The smallest absolute Gasteiger partial charge is 0.341 e. The Hall–Kier alpha value is -1.75. The van der Waals surface area contributed by atoms with Crippen molar-refractivity contribution in [1.29, 1.82) is 0 Å². The average molecular weight is 295 g/mol. The first-order valence-electron chi connectivity index (χ1n) is 7.40. The minimum atomic E-state index is -0.433. The highest BCUT2D eigenvalue weighted by Gasteiger charge is 2.17. The first-order valence-corrected chi connectivity index (χ1v) is 7.40. The fourth-order valence-electron chi connectivity index (χ4n) is 2.18. The molecule has 0 aliphatic rings. The van der Waals surface area contributed by atoms with E-state index >= 15 is 0 Å². The number of hydrogen-bond donors (Lipinski definition) is 1. The second-order valence-electron chi connectivity index (χ2n) is 4.78. The van der Waals surface area contributed by atoms with Crippen molar-refractivity contribution in [2.45, 2.75) is 33.7 Å². The van der Waals surface area contributed by atoms with Crippen LogP contribution in [-0.2, 0) is 4.74 Å². The highest BCUT2D eigenvalue weighted by molar-refractivity contribution is 5.92. The van der Waals surface area contributed by atoms with Gasteiger partial charge < -0.3 is 14.6 Å². The third-order valence-electron chi connectivity index (χ3n) is 3.38. The number of hydrogen-bond acceptors (Lipinski definition) is 5. The number of esters is 1. The van der Waals surface area contributed by atoms with Crippen molar-refractivity contribution in [1.82, 2.24) is 4.90 Å². The van der Waals surface area contributed by atoms with Gasteiger partial charge in [0.1, 0.15) is 23.7 Å². The van der Waals surface area contributed by atoms with E-state index in [0.717, 1.165) is 13.1 Å². The summed E-state index contributed by atoms with van der Waals surface area (Å²) in [4.78, 5) is 14.4. The predicted octanol–water partition coefficient (Wildman–Crippen LogP) is 2.68. The molecular formula is C16H25NO4. The van der Waals surface area contributed by atoms with E-state index in [1.54, 1.807) is 0 Å². The van der Waals surface area contributed by atoms with E-state index in [0.29, 0.717) is 24.5 Å². The van der Waals surface area contributed by atoms with Crippen molar-refractivity contribution in [2.75, 3.05) is 26.3 Å². The molecule has 1 rings (SSSR count). The summed E-state index contributed by atoms with van der Waals surface area (Å²) in [5.41, 5.74) is 0.335. The average Bonchev–Trinajstić information content (AvgIpc) is 2.46. The summed E-state index contributed by atoms with van der Waals surface area (Å²) in [6, 6.07) is 4.56. The van der Waals surface area contributed by atoms with Crippen molar-refractivity contribution in [3.05, 3.63) is 23.8 Å². The molecule has 0 saturated carbocycles. The fourth-order valence-corrected chi connectivity index (χ4v) is 2.18. The van der Waals surface area contributed by atoms with Crippen LogP contribution in [0.3, 0.4) is 0 Å². The predicted molar refractivity (Wildman–Crippen MR) is 81.9 cm³/mol. The number of ether oxygens (including phenoxy) is 2. The third kappa shape index (κ3) is 4.93. The topological polar surface area (TPSA) is 59.0 Å². The van der Waals surface area contributed by atoms with Crippen LogP contribution in [0.4, 0.5) is 0 Å². The second kappa shape index (κ2) is 8.52. The first-order chi connectivity index (χ1) is 10.0. The maximum Gasteiger partial charge on any atom is 0.341 e. The number of phenolic OH excluding ortho intramolecular Hbond substituents is 1. The molecule has 5 nitrogen and oxygen atoms in total. The normalized spacial score (nSPS) is 12.2. The van der Waals surface area contributed by atoms with Gasteiger partial charge in [-0.15, -0.1) is 0 Å². The van der Waals surface area contributed by atoms with Gasteiger partial charge in [-0.3, -0.25) is 4.90 Å². The van der Waals surface area contributed by atoms with Crippen molar-refractivity contribution in [2.24, 2.45) is 0 Å². The molecule has 1 atom stereocenters. The number of rotatable bonds is 8. The Morgan fingerprint density at radius 1 is 1.29 bits per heavy atom. The largest absolute Gasteiger partial charge is 0.508 e. The van der Waals surface area contributed by atoms with E-state index in [-0.39, 0.29) is 11.8 Å². The van der Waals surface area contributed by atoms with Gasteiger partial charge in [0.15, 0.2) is 0 Å². The number of phenols is 1. The summed E-state index contributed by atoms with van der Waals surface area (Å²) < 4.78 is 10.7. The van der Waals surface area contributed by atoms with Crippen LogP contribution < -0.4 is 4.74 Å². The number of carbonyl (C=O) groups is 1. The molecule has 0 fully saturated rings. The van der Waals surface area contributed by atoms with E-state index in [1.165, 1.54) is 18.2 Å². The monoisotopic (exact) mass is 295 g/mol. The van der Waals surface area contributed by atoms with Gasteiger partial charge >= 0.3 is 5.97 Å². The van der Waals surface area contributed by atoms with Crippen LogP contribution in [0.25, 0.3) is 0 Å². The molecule has 0 unspecified atom stereocenters. The van der Waals surface area contributed by atoms with E-state index in [9.17, 15) is 9.90 Å². The lowest BCUT2D eigenvalue weighted by molar-refractivity contribution is 0.0377. The molecule has 0 radical (unpaired) electrons. The molecule has 0 bridgehead atoms. The SMILES string of the molecule is CCOc1cc(O)ccc1C(=O)OC[C@H](C)N(CC)CC. The Morgan fingerprint density at radius 3 is 2.52 bits per heavy atom. The molecule has 0 aliphatic heterocycles. The van der Waals surface area contributed by atoms with Crippen molar-refractivity contribution >= 4 is 5.97 Å². The van der Waals surface area contributed by atoms with E-state index in [1.807, 2.05) is 13.8 Å². The number of nitrogens with zero attached hydrogens (tertiary/aromatic N) is 1. The number of aromatic hydroxyl groups is 1. The van der Waals surface area contributed by atoms with Crippen LogP contribution in [0.5, 0.6) is 11.5 Å². The Bertz CT molecular complexity index is 458. The van der Waals surface area contributed by atoms with Gasteiger partial charge in [0, 0.05) is 12.1 Å². The molecule has 1 N–H and O–H groups in total. The Labute approximate surface area is 126 Å². The van der Waals surface area contributed by atoms with Crippen molar-refractivity contribution in [3.63, 3.8) is 0 Å². The number of carbonyl (C=O) groups excluding carboxylic acids is 1. The maximum atomic E-state index is 12.2. The molecule has 21 heavy (non-hydrogen) atoms. The molecular weight excluding hydrogens is 270 g/mol. The molecule has 0 aromatic heterocycles. The lowest BCUT2D eigenvalue weighted by atomic mass is 10.2. The lowest BCUT2D eigenvalue weighted by Crippen LogP contribution is -2.36. The Morgan fingerprint density at radius 2 is 1.95 bits per heavy atom. The summed E-state index contributed by atoms with van der Waals surface area (Å²) >= 11 is 0. The summed E-state index contributed by atoms with van der Waals surface area (Å²) in [7, 11) is 0. The van der Waals surface area contributed by atoms with Crippen LogP contribution in [0.2, 0.25) is 0 Å². The van der Waals surface area contributed by atoms with Crippen LogP contribution in [0.1, 0.15) is 38.1 Å². The number of likely N-dealkylation sites (N-methyl/N-ethyl adjacent to an activating group) is 1. The summed E-state index contributed by atoms with van der Waals surface area (Å²) in [5, 5.41) is 9.46. The van der Waals surface area contributed by atoms with Crippen LogP contribution in [0, 0.1) is 0 Å². The van der Waals surface area contributed by atoms with Gasteiger partial charge in [-0.05, 0) is 39.1 Å². The molecule has 0 saturated heterocycles. The van der Waals surface area contributed by atoms with E-state index < -0.39 is 5.97 Å². The Balaban J connectivity index is 2.71. The highest BCUT2D eigenvalue weighted by atomic mass is 16.5. The van der Waals surface area contributed by atoms with Gasteiger partial charge in [-0.25, -0.2) is 4.79 Å². The molecule has 0 aliphatic carbocycles. The van der Waals surface area contributed by atoms with Gasteiger partial charge in [0.05, 0.1) is 6.61 Å². The van der Waals surface area contributed by atoms with Crippen LogP contribution >= 0.6 is 0 Å². The summed E-state index contributed by atoms with van der Waals surface area (Å²) in [5.74, 6) is -0.0260. The molecule has 0 spiro atoms. The van der Waals surface area contributed by atoms with Crippen molar-refractivity contribution < 1.29 is 19.4 Å². The molecule has 1 aromatic carbocycles. The van der Waals surface area contributed by atoms with E-state index in [2.05, 4.69) is 18.7 Å². The van der Waals surface area contributed by atoms with Gasteiger partial charge in [0.25, 0.3) is 0 Å². The van der Waals surface area contributed by atoms with E-state index in [4.69, 9.17) is 9.47 Å². The lowest BCUT2D eigenvalue weighted by Gasteiger charge is -2.25. The summed E-state index contributed by atoms with van der Waals surface area (Å²) in [6.07, 6.45) is 0. The molecule has 0 amide bonds. The molecule has 118 valence electrons. The fraction of sp³-hybridized carbons (Fsp3) is 0.562. The minimum absolute atomic E-state index is 0.0616. The third-order valence-corrected chi connectivity index (χ3v) is 3.38. The van der Waals surface area contributed by atoms with Gasteiger partial charge in [-0.2, -0.15) is 0 Å². The van der Waals surface area contributed by atoms with Crippen LogP contribution in [0.15, 0.2) is 18.2 Å². The zero-order valence-corrected chi connectivity index (χ0v) is 13.3. The van der Waals surface area contributed by atoms with Gasteiger partial charge in [-0.1, -0.05) is 13.8 Å². The summed E-state index contributed by atoms with van der Waals surface area (Å²) in [6.45, 7) is 10.6. The zero-order chi connectivity index (χ0) is 15.8. The Kier molecular flexibility index (Phi) is 7.02. The zero-order valence-electron chi connectivity index (χ0n) is 13.3. The van der Waals surface area contributed by atoms with Crippen molar-refractivity contribution in [3.8, 4) is 11.5 Å². The highest BCUT2D eigenvalue weighted by Crippen LogP contribution is 2.25. The molecule has 0 heterocycles. The molecule has 5 heteroatoms. The quantitative estimate of drug-likeness (QED) is 0.747. The minimum Gasteiger partial charge on any atom is -0.508 e. The molecule has 1 aromatic rings. The van der Waals surface area contributed by atoms with Crippen LogP contribution in [-0.4, -0.2) is 48.3 Å². The standard InChI is InChI=1S/C16H25NO4/c1-5-17(6-2)12(4)11-21-16(19)14-9-8-13(18)10-15(14)20-7-3/h8-10,12,18H,5-7,11H2,1-4H3/t12-/m0/s1.